The van der Waals surface area contributed by atoms with Crippen LogP contribution in [0.2, 0.25) is 0 Å². The molecule has 0 aromatic carbocycles. The number of carbonyl (C=O) groups excluding carboxylic acids is 1. The number of carbonyl (C=O) groups is 1. The van der Waals surface area contributed by atoms with Crippen molar-refractivity contribution in [3.8, 4) is 0 Å². The Morgan fingerprint density at radius 1 is 1.50 bits per heavy atom. The van der Waals surface area contributed by atoms with Crippen molar-refractivity contribution in [2.24, 2.45) is 4.99 Å². The van der Waals surface area contributed by atoms with Gasteiger partial charge in [-0.3, -0.25) is 0 Å². The lowest BCUT2D eigenvalue weighted by atomic mass is 10.2. The van der Waals surface area contributed by atoms with Crippen molar-refractivity contribution < 1.29 is 4.79 Å². The van der Waals surface area contributed by atoms with Gasteiger partial charge in [-0.2, -0.15) is 0 Å². The van der Waals surface area contributed by atoms with Crippen molar-refractivity contribution in [1.82, 2.24) is 0 Å². The van der Waals surface area contributed by atoms with Gasteiger partial charge in [0.05, 0.1) is 0 Å². The molecule has 0 radical (unpaired) electrons. The molecule has 0 heterocycles. The predicted molar refractivity (Wildman–Crippen MR) is 34.3 cm³/mol. The van der Waals surface area contributed by atoms with Crippen molar-refractivity contribution in [3.05, 3.63) is 0 Å². The summed E-state index contributed by atoms with van der Waals surface area (Å²) in [5.41, 5.74) is 0. The molecular weight excluding hydrogens is 102 g/mol. The molecule has 0 rings (SSSR count). The van der Waals surface area contributed by atoms with Crippen molar-refractivity contribution in [1.29, 1.82) is 0 Å². The van der Waals surface area contributed by atoms with Gasteiger partial charge < -0.3 is 9.79 Å². The molecule has 0 aliphatic rings. The first kappa shape index (κ1) is 7.34. The van der Waals surface area contributed by atoms with E-state index >= 15 is 0 Å². The number of rotatable bonds is 5. The van der Waals surface area contributed by atoms with Gasteiger partial charge in [-0.15, -0.1) is 0 Å². The Morgan fingerprint density at radius 3 is 2.75 bits per heavy atom. The lowest BCUT2D eigenvalue weighted by molar-refractivity contribution is -0.107. The van der Waals surface area contributed by atoms with Gasteiger partial charge in [0, 0.05) is 13.0 Å². The van der Waals surface area contributed by atoms with Gasteiger partial charge in [-0.05, 0) is 19.6 Å². The van der Waals surface area contributed by atoms with E-state index in [1.165, 1.54) is 0 Å². The summed E-state index contributed by atoms with van der Waals surface area (Å²) < 4.78 is 0. The van der Waals surface area contributed by atoms with Gasteiger partial charge in [0.2, 0.25) is 0 Å². The van der Waals surface area contributed by atoms with E-state index in [0.29, 0.717) is 6.42 Å². The van der Waals surface area contributed by atoms with Crippen molar-refractivity contribution in [3.63, 3.8) is 0 Å². The van der Waals surface area contributed by atoms with Crippen molar-refractivity contribution >= 4 is 13.0 Å². The first-order valence-corrected chi connectivity index (χ1v) is 2.78. The molecule has 8 heavy (non-hydrogen) atoms. The van der Waals surface area contributed by atoms with E-state index in [1.54, 1.807) is 0 Å². The second-order valence-corrected chi connectivity index (χ2v) is 1.61. The molecule has 0 aromatic heterocycles. The molecule has 0 spiro atoms. The van der Waals surface area contributed by atoms with E-state index in [0.717, 1.165) is 25.7 Å². The maximum atomic E-state index is 9.72. The SMILES string of the molecule is C=NCCCCC=O. The zero-order valence-corrected chi connectivity index (χ0v) is 4.97. The van der Waals surface area contributed by atoms with Gasteiger partial charge in [-0.25, -0.2) is 0 Å². The third kappa shape index (κ3) is 5.34. The van der Waals surface area contributed by atoms with Crippen molar-refractivity contribution in [2.45, 2.75) is 19.3 Å². The second-order valence-electron chi connectivity index (χ2n) is 1.61. The molecule has 0 aromatic rings. The molecule has 0 aliphatic carbocycles. The van der Waals surface area contributed by atoms with Crippen molar-refractivity contribution in [2.75, 3.05) is 6.54 Å². The fourth-order valence-corrected chi connectivity index (χ4v) is 0.451. The maximum absolute atomic E-state index is 9.72. The quantitative estimate of drug-likeness (QED) is 0.298. The molecule has 2 nitrogen and oxygen atoms in total. The zero-order valence-electron chi connectivity index (χ0n) is 4.97. The highest BCUT2D eigenvalue weighted by atomic mass is 16.1. The maximum Gasteiger partial charge on any atom is 0.119 e. The molecule has 0 saturated heterocycles. The van der Waals surface area contributed by atoms with E-state index < -0.39 is 0 Å². The van der Waals surface area contributed by atoms with Crippen LogP contribution in [0.3, 0.4) is 0 Å². The highest BCUT2D eigenvalue weighted by Gasteiger charge is 1.82. The summed E-state index contributed by atoms with van der Waals surface area (Å²) in [7, 11) is 0. The van der Waals surface area contributed by atoms with E-state index in [4.69, 9.17) is 0 Å². The molecular formula is C6H11NO. The molecule has 0 amide bonds. The number of hydrogen-bond acceptors (Lipinski definition) is 2. The lowest BCUT2D eigenvalue weighted by Crippen LogP contribution is -1.80. The average molecular weight is 113 g/mol. The lowest BCUT2D eigenvalue weighted by Gasteiger charge is -1.87. The van der Waals surface area contributed by atoms with E-state index in [9.17, 15) is 4.79 Å². The van der Waals surface area contributed by atoms with Crippen LogP contribution >= 0.6 is 0 Å². The van der Waals surface area contributed by atoms with Gasteiger partial charge >= 0.3 is 0 Å². The smallest absolute Gasteiger partial charge is 0.119 e. The Labute approximate surface area is 49.6 Å². The minimum atomic E-state index is 0.662. The van der Waals surface area contributed by atoms with Gasteiger partial charge in [0.25, 0.3) is 0 Å². The van der Waals surface area contributed by atoms with Crippen LogP contribution in [0.4, 0.5) is 0 Å². The van der Waals surface area contributed by atoms with Crippen LogP contribution in [-0.2, 0) is 4.79 Å². The zero-order chi connectivity index (χ0) is 6.24. The molecule has 0 N–H and O–H groups in total. The summed E-state index contributed by atoms with van der Waals surface area (Å²) in [6.07, 6.45) is 3.53. The van der Waals surface area contributed by atoms with E-state index in [-0.39, 0.29) is 0 Å². The Kier molecular flexibility index (Phi) is 5.82. The second kappa shape index (κ2) is 6.34. The summed E-state index contributed by atoms with van der Waals surface area (Å²) in [5.74, 6) is 0. The molecule has 46 valence electrons. The number of aliphatic imine (C=N–C) groups is 1. The third-order valence-electron chi connectivity index (χ3n) is 0.888. The summed E-state index contributed by atoms with van der Waals surface area (Å²) in [5, 5.41) is 0. The molecule has 0 unspecified atom stereocenters. The highest BCUT2D eigenvalue weighted by molar-refractivity contribution is 5.48. The van der Waals surface area contributed by atoms with E-state index in [2.05, 4.69) is 11.7 Å². The summed E-state index contributed by atoms with van der Waals surface area (Å²) in [6, 6.07) is 0. The monoisotopic (exact) mass is 113 g/mol. The molecule has 2 heteroatoms. The average Bonchev–Trinajstić information content (AvgIpc) is 1.81. The molecule has 0 aliphatic heterocycles. The van der Waals surface area contributed by atoms with Crippen LogP contribution in [-0.4, -0.2) is 19.5 Å². The minimum Gasteiger partial charge on any atom is -0.303 e. The van der Waals surface area contributed by atoms with Crippen LogP contribution in [0.15, 0.2) is 4.99 Å². The summed E-state index contributed by atoms with van der Waals surface area (Å²) in [6.45, 7) is 4.11. The standard InChI is InChI=1S/C6H11NO/c1-7-5-3-2-4-6-8/h6H,1-5H2. The van der Waals surface area contributed by atoms with Crippen LogP contribution in [0.1, 0.15) is 19.3 Å². The molecule has 0 atom stereocenters. The number of nitrogens with zero attached hydrogens (tertiary/aromatic N) is 1. The number of aldehydes is 1. The Hall–Kier alpha value is -0.660. The normalized spacial score (nSPS) is 8.50. The van der Waals surface area contributed by atoms with E-state index in [1.807, 2.05) is 0 Å². The minimum absolute atomic E-state index is 0.662. The topological polar surface area (TPSA) is 29.4 Å². The first-order chi connectivity index (χ1) is 3.91. The fraction of sp³-hybridized carbons (Fsp3) is 0.667. The Bertz CT molecular complexity index is 60.9. The number of hydrogen-bond donors (Lipinski definition) is 0. The molecule has 0 fully saturated rings. The van der Waals surface area contributed by atoms with Crippen LogP contribution in [0.5, 0.6) is 0 Å². The summed E-state index contributed by atoms with van der Waals surface area (Å²) in [4.78, 5) is 13.4. The Morgan fingerprint density at radius 2 is 2.25 bits per heavy atom. The van der Waals surface area contributed by atoms with Crippen LogP contribution in [0, 0.1) is 0 Å². The molecule has 0 bridgehead atoms. The van der Waals surface area contributed by atoms with Gasteiger partial charge in [0.15, 0.2) is 0 Å². The fourth-order valence-electron chi connectivity index (χ4n) is 0.451. The number of unbranched alkanes of at least 4 members (excludes halogenated alkanes) is 2. The van der Waals surface area contributed by atoms with Gasteiger partial charge in [0.1, 0.15) is 6.29 Å². The van der Waals surface area contributed by atoms with Crippen LogP contribution in [0.25, 0.3) is 0 Å². The summed E-state index contributed by atoms with van der Waals surface area (Å²) >= 11 is 0. The van der Waals surface area contributed by atoms with Gasteiger partial charge in [-0.1, -0.05) is 0 Å². The predicted octanol–water partition coefficient (Wildman–Crippen LogP) is 1.06. The first-order valence-electron chi connectivity index (χ1n) is 2.78. The molecule has 0 saturated carbocycles. The van der Waals surface area contributed by atoms with Crippen LogP contribution < -0.4 is 0 Å². The third-order valence-corrected chi connectivity index (χ3v) is 0.888. The largest absolute Gasteiger partial charge is 0.303 e. The Balaban J connectivity index is 2.71. The highest BCUT2D eigenvalue weighted by Crippen LogP contribution is 1.90.